The summed E-state index contributed by atoms with van der Waals surface area (Å²) in [6, 6.07) is 7.03. The number of hydrogen-bond acceptors (Lipinski definition) is 5. The first kappa shape index (κ1) is 19.4. The normalized spacial score (nSPS) is 18.6. The molecule has 1 fully saturated rings. The predicted octanol–water partition coefficient (Wildman–Crippen LogP) is 1.19. The Morgan fingerprint density at radius 2 is 1.24 bits per heavy atom. The summed E-state index contributed by atoms with van der Waals surface area (Å²) in [6.07, 6.45) is 5.35. The zero-order valence-corrected chi connectivity index (χ0v) is 14.4. The number of carbonyl (C=O) groups excluding carboxylic acids is 1. The van der Waals surface area contributed by atoms with Gasteiger partial charge < -0.3 is 23.8 Å². The highest BCUT2D eigenvalue weighted by molar-refractivity contribution is 5.94. The number of carbonyl (C=O) groups is 1. The van der Waals surface area contributed by atoms with Gasteiger partial charge in [-0.3, -0.25) is 4.79 Å². The van der Waals surface area contributed by atoms with Crippen LogP contribution in [0.4, 0.5) is 0 Å². The molecule has 0 N–H and O–H groups in total. The molecule has 136 valence electrons. The lowest BCUT2D eigenvalue weighted by Gasteiger charge is -2.23. The van der Waals surface area contributed by atoms with Crippen LogP contribution in [0, 0.1) is 12.3 Å². The predicted molar refractivity (Wildman–Crippen MR) is 93.6 cm³/mol. The van der Waals surface area contributed by atoms with Gasteiger partial charge in [-0.1, -0.05) is 5.92 Å². The molecule has 0 atom stereocenters. The smallest absolute Gasteiger partial charge is 0.254 e. The standard InChI is InChI=1S/C19H25NO5/c1-2-17-3-5-18(6-4-17)19(21)20-7-9-22-11-13-24-15-16-25-14-12-23-10-8-20/h1,3-6H,7-16H2. The zero-order valence-electron chi connectivity index (χ0n) is 14.4. The van der Waals surface area contributed by atoms with Crippen LogP contribution in [0.3, 0.4) is 0 Å². The van der Waals surface area contributed by atoms with Gasteiger partial charge in [-0.2, -0.15) is 0 Å². The van der Waals surface area contributed by atoms with Gasteiger partial charge in [-0.05, 0) is 24.3 Å². The van der Waals surface area contributed by atoms with Crippen molar-refractivity contribution in [1.29, 1.82) is 0 Å². The van der Waals surface area contributed by atoms with Crippen molar-refractivity contribution in [2.45, 2.75) is 0 Å². The molecule has 0 saturated carbocycles. The van der Waals surface area contributed by atoms with Crippen molar-refractivity contribution in [3.8, 4) is 12.3 Å². The Morgan fingerprint density at radius 1 is 0.800 bits per heavy atom. The molecule has 6 heteroatoms. The third kappa shape index (κ3) is 7.24. The Kier molecular flexibility index (Phi) is 9.02. The van der Waals surface area contributed by atoms with Gasteiger partial charge in [0.2, 0.25) is 0 Å². The Hall–Kier alpha value is -1.91. The average molecular weight is 347 g/mol. The fourth-order valence-electron chi connectivity index (χ4n) is 2.32. The number of ether oxygens (including phenoxy) is 4. The molecular formula is C19H25NO5. The van der Waals surface area contributed by atoms with Gasteiger partial charge in [0.15, 0.2) is 0 Å². The van der Waals surface area contributed by atoms with Gasteiger partial charge in [0, 0.05) is 24.2 Å². The molecule has 25 heavy (non-hydrogen) atoms. The molecule has 1 aliphatic rings. The van der Waals surface area contributed by atoms with E-state index in [0.717, 1.165) is 5.56 Å². The molecule has 0 aliphatic carbocycles. The van der Waals surface area contributed by atoms with E-state index in [2.05, 4.69) is 5.92 Å². The monoisotopic (exact) mass is 347 g/mol. The van der Waals surface area contributed by atoms with Crippen LogP contribution in [0.15, 0.2) is 24.3 Å². The first-order chi connectivity index (χ1) is 12.3. The van der Waals surface area contributed by atoms with Gasteiger partial charge in [0.1, 0.15) is 0 Å². The minimum atomic E-state index is -0.0624. The Morgan fingerprint density at radius 3 is 1.68 bits per heavy atom. The molecule has 1 amide bonds. The summed E-state index contributed by atoms with van der Waals surface area (Å²) in [5.74, 6) is 2.48. The van der Waals surface area contributed by atoms with Gasteiger partial charge >= 0.3 is 0 Å². The fraction of sp³-hybridized carbons (Fsp3) is 0.526. The van der Waals surface area contributed by atoms with Crippen molar-refractivity contribution in [3.63, 3.8) is 0 Å². The van der Waals surface area contributed by atoms with E-state index in [1.54, 1.807) is 29.2 Å². The largest absolute Gasteiger partial charge is 0.377 e. The summed E-state index contributed by atoms with van der Waals surface area (Å²) in [6.45, 7) is 5.00. The van der Waals surface area contributed by atoms with Crippen LogP contribution >= 0.6 is 0 Å². The van der Waals surface area contributed by atoms with Crippen LogP contribution < -0.4 is 0 Å². The van der Waals surface area contributed by atoms with Crippen molar-refractivity contribution in [3.05, 3.63) is 35.4 Å². The van der Waals surface area contributed by atoms with Crippen LogP contribution in [0.1, 0.15) is 15.9 Å². The van der Waals surface area contributed by atoms with E-state index in [-0.39, 0.29) is 5.91 Å². The Balaban J connectivity index is 1.93. The Bertz CT molecular complexity index is 536. The molecule has 2 rings (SSSR count). The van der Waals surface area contributed by atoms with Gasteiger partial charge in [0.25, 0.3) is 5.91 Å². The van der Waals surface area contributed by atoms with Crippen LogP contribution in [0.25, 0.3) is 0 Å². The van der Waals surface area contributed by atoms with Crippen molar-refractivity contribution in [1.82, 2.24) is 4.90 Å². The van der Waals surface area contributed by atoms with E-state index < -0.39 is 0 Å². The van der Waals surface area contributed by atoms with Gasteiger partial charge in [-0.25, -0.2) is 0 Å². The number of hydrogen-bond donors (Lipinski definition) is 0. The first-order valence-corrected chi connectivity index (χ1v) is 8.48. The van der Waals surface area contributed by atoms with Crippen molar-refractivity contribution in [2.24, 2.45) is 0 Å². The molecule has 1 heterocycles. The second-order valence-electron chi connectivity index (χ2n) is 5.46. The molecule has 1 aromatic carbocycles. The number of rotatable bonds is 1. The van der Waals surface area contributed by atoms with Gasteiger partial charge in [0.05, 0.1) is 52.9 Å². The van der Waals surface area contributed by atoms with E-state index in [1.807, 2.05) is 0 Å². The topological polar surface area (TPSA) is 57.2 Å². The lowest BCUT2D eigenvalue weighted by molar-refractivity contribution is 0.00206. The van der Waals surface area contributed by atoms with E-state index in [1.165, 1.54) is 0 Å². The number of nitrogens with zero attached hydrogens (tertiary/aromatic N) is 1. The van der Waals surface area contributed by atoms with Crippen LogP contribution in [-0.4, -0.2) is 76.8 Å². The summed E-state index contributed by atoms with van der Waals surface area (Å²) in [5.41, 5.74) is 1.35. The summed E-state index contributed by atoms with van der Waals surface area (Å²) < 4.78 is 21.8. The molecule has 0 aromatic heterocycles. The lowest BCUT2D eigenvalue weighted by Crippen LogP contribution is -2.37. The molecule has 0 bridgehead atoms. The summed E-state index contributed by atoms with van der Waals surface area (Å²) in [5, 5.41) is 0. The van der Waals surface area contributed by atoms with Crippen molar-refractivity contribution in [2.75, 3.05) is 65.9 Å². The van der Waals surface area contributed by atoms with E-state index >= 15 is 0 Å². The molecule has 0 radical (unpaired) electrons. The molecule has 0 spiro atoms. The molecule has 0 unspecified atom stereocenters. The highest BCUT2D eigenvalue weighted by Crippen LogP contribution is 2.07. The second kappa shape index (κ2) is 11.6. The summed E-state index contributed by atoms with van der Waals surface area (Å²) in [7, 11) is 0. The van der Waals surface area contributed by atoms with Crippen LogP contribution in [0.5, 0.6) is 0 Å². The molecule has 1 aromatic rings. The molecule has 1 saturated heterocycles. The van der Waals surface area contributed by atoms with Crippen molar-refractivity contribution >= 4 is 5.91 Å². The van der Waals surface area contributed by atoms with E-state index in [0.29, 0.717) is 71.5 Å². The van der Waals surface area contributed by atoms with Crippen molar-refractivity contribution < 1.29 is 23.7 Å². The summed E-state index contributed by atoms with van der Waals surface area (Å²) in [4.78, 5) is 14.4. The highest BCUT2D eigenvalue weighted by atomic mass is 16.6. The maximum absolute atomic E-state index is 12.7. The molecular weight excluding hydrogens is 322 g/mol. The maximum atomic E-state index is 12.7. The maximum Gasteiger partial charge on any atom is 0.254 e. The van der Waals surface area contributed by atoms with E-state index in [9.17, 15) is 4.79 Å². The summed E-state index contributed by atoms with van der Waals surface area (Å²) >= 11 is 0. The third-order valence-electron chi connectivity index (χ3n) is 3.71. The quantitative estimate of drug-likeness (QED) is 0.715. The number of benzene rings is 1. The fourth-order valence-corrected chi connectivity index (χ4v) is 2.32. The number of amides is 1. The Labute approximate surface area is 149 Å². The van der Waals surface area contributed by atoms with Gasteiger partial charge in [-0.15, -0.1) is 6.42 Å². The SMILES string of the molecule is C#Cc1ccc(C(=O)N2CCOCCOCCOCCOCC2)cc1. The average Bonchev–Trinajstić information content (AvgIpc) is 2.66. The minimum absolute atomic E-state index is 0.0624. The first-order valence-electron chi connectivity index (χ1n) is 8.48. The molecule has 1 aliphatic heterocycles. The number of terminal acetylenes is 1. The molecule has 6 nitrogen and oxygen atoms in total. The third-order valence-corrected chi connectivity index (χ3v) is 3.71. The second-order valence-corrected chi connectivity index (χ2v) is 5.46. The lowest BCUT2D eigenvalue weighted by atomic mass is 10.1. The highest BCUT2D eigenvalue weighted by Gasteiger charge is 2.15. The van der Waals surface area contributed by atoms with Crippen LogP contribution in [-0.2, 0) is 18.9 Å². The zero-order chi connectivity index (χ0) is 17.7. The van der Waals surface area contributed by atoms with E-state index in [4.69, 9.17) is 25.4 Å². The van der Waals surface area contributed by atoms with Crippen LogP contribution in [0.2, 0.25) is 0 Å². The minimum Gasteiger partial charge on any atom is -0.377 e.